The van der Waals surface area contributed by atoms with Crippen molar-refractivity contribution in [1.82, 2.24) is 0 Å². The molecule has 2 saturated carbocycles. The van der Waals surface area contributed by atoms with Crippen LogP contribution in [0.2, 0.25) is 0 Å². The zero-order valence-electron chi connectivity index (χ0n) is 5.42. The highest BCUT2D eigenvalue weighted by Gasteiger charge is 2.38. The smallest absolute Gasteiger partial charge is 0.0571 e. The van der Waals surface area contributed by atoms with Crippen LogP contribution >= 0.6 is 12.4 Å². The van der Waals surface area contributed by atoms with E-state index in [2.05, 4.69) is 0 Å². The van der Waals surface area contributed by atoms with Gasteiger partial charge in [0.1, 0.15) is 0 Å². The molecule has 0 saturated heterocycles. The lowest BCUT2D eigenvalue weighted by Gasteiger charge is -2.14. The minimum atomic E-state index is 0. The van der Waals surface area contributed by atoms with Crippen molar-refractivity contribution >= 4 is 12.4 Å². The summed E-state index contributed by atoms with van der Waals surface area (Å²) in [5, 5.41) is 9.22. The monoisotopic (exact) mass is 148 g/mol. The molecule has 0 aromatic heterocycles. The minimum Gasteiger partial charge on any atom is -0.393 e. The van der Waals surface area contributed by atoms with Gasteiger partial charge in [0, 0.05) is 0 Å². The Kier molecular flexibility index (Phi) is 2.02. The zero-order chi connectivity index (χ0) is 5.56. The second-order valence-electron chi connectivity index (χ2n) is 3.24. The van der Waals surface area contributed by atoms with Crippen molar-refractivity contribution in [3.05, 3.63) is 0 Å². The Balaban J connectivity index is 0.000000405. The van der Waals surface area contributed by atoms with Gasteiger partial charge in [-0.25, -0.2) is 0 Å². The van der Waals surface area contributed by atoms with Crippen LogP contribution in [-0.2, 0) is 0 Å². The molecule has 9 heavy (non-hydrogen) atoms. The molecule has 0 aromatic rings. The van der Waals surface area contributed by atoms with Crippen molar-refractivity contribution in [2.24, 2.45) is 11.8 Å². The molecule has 1 N–H and O–H groups in total. The lowest BCUT2D eigenvalue weighted by atomic mass is 9.98. The number of hydrogen-bond donors (Lipinski definition) is 1. The molecule has 2 heteroatoms. The normalized spacial score (nSPS) is 47.0. The topological polar surface area (TPSA) is 20.2 Å². The summed E-state index contributed by atoms with van der Waals surface area (Å²) >= 11 is 0. The number of aliphatic hydroxyl groups is 1. The van der Waals surface area contributed by atoms with Crippen molar-refractivity contribution in [2.75, 3.05) is 0 Å². The fourth-order valence-corrected chi connectivity index (χ4v) is 2.21. The number of hydrogen-bond acceptors (Lipinski definition) is 1. The molecule has 0 aliphatic heterocycles. The molecule has 2 aliphatic rings. The van der Waals surface area contributed by atoms with Crippen LogP contribution < -0.4 is 0 Å². The fraction of sp³-hybridized carbons (Fsp3) is 1.00. The second kappa shape index (κ2) is 2.47. The van der Waals surface area contributed by atoms with Crippen LogP contribution in [0.5, 0.6) is 0 Å². The highest BCUT2D eigenvalue weighted by Crippen LogP contribution is 2.44. The molecular weight excluding hydrogens is 136 g/mol. The van der Waals surface area contributed by atoms with Crippen LogP contribution in [-0.4, -0.2) is 11.2 Å². The van der Waals surface area contributed by atoms with Gasteiger partial charge in [0.15, 0.2) is 0 Å². The zero-order valence-corrected chi connectivity index (χ0v) is 6.23. The van der Waals surface area contributed by atoms with Gasteiger partial charge in [0.2, 0.25) is 0 Å². The average molecular weight is 149 g/mol. The minimum absolute atomic E-state index is 0. The highest BCUT2D eigenvalue weighted by atomic mass is 35.5. The van der Waals surface area contributed by atoms with Crippen LogP contribution in [0, 0.1) is 11.8 Å². The SMILES string of the molecule is Cl.OC1CC2CCC1C2. The van der Waals surface area contributed by atoms with Gasteiger partial charge in [-0.3, -0.25) is 0 Å². The van der Waals surface area contributed by atoms with Crippen LogP contribution in [0.1, 0.15) is 25.7 Å². The fourth-order valence-electron chi connectivity index (χ4n) is 2.21. The van der Waals surface area contributed by atoms with Crippen LogP contribution in [0.15, 0.2) is 0 Å². The van der Waals surface area contributed by atoms with E-state index < -0.39 is 0 Å². The van der Waals surface area contributed by atoms with E-state index in [0.717, 1.165) is 12.3 Å². The first-order valence-electron chi connectivity index (χ1n) is 3.54. The van der Waals surface area contributed by atoms with E-state index in [9.17, 15) is 5.11 Å². The van der Waals surface area contributed by atoms with Crippen LogP contribution in [0.3, 0.4) is 0 Å². The molecule has 1 nitrogen and oxygen atoms in total. The average Bonchev–Trinajstić information content (AvgIpc) is 2.23. The van der Waals surface area contributed by atoms with Crippen LogP contribution in [0.25, 0.3) is 0 Å². The summed E-state index contributed by atoms with van der Waals surface area (Å²) in [6, 6.07) is 0. The maximum atomic E-state index is 9.22. The first-order valence-corrected chi connectivity index (χ1v) is 3.54. The Labute approximate surface area is 61.9 Å². The van der Waals surface area contributed by atoms with Crippen molar-refractivity contribution in [1.29, 1.82) is 0 Å². The van der Waals surface area contributed by atoms with Crippen LogP contribution in [0.4, 0.5) is 0 Å². The van der Waals surface area contributed by atoms with Gasteiger partial charge >= 0.3 is 0 Å². The quantitative estimate of drug-likeness (QED) is 0.553. The molecule has 3 unspecified atom stereocenters. The number of fused-ring (bicyclic) bond motifs is 2. The Morgan fingerprint density at radius 1 is 1.11 bits per heavy atom. The van der Waals surface area contributed by atoms with Gasteiger partial charge in [-0.15, -0.1) is 12.4 Å². The van der Waals surface area contributed by atoms with Crippen molar-refractivity contribution in [2.45, 2.75) is 31.8 Å². The Morgan fingerprint density at radius 2 is 1.89 bits per heavy atom. The highest BCUT2D eigenvalue weighted by molar-refractivity contribution is 5.85. The summed E-state index contributed by atoms with van der Waals surface area (Å²) in [6.45, 7) is 0. The molecule has 2 bridgehead atoms. The number of aliphatic hydroxyl groups excluding tert-OH is 1. The van der Waals surface area contributed by atoms with Gasteiger partial charge in [-0.2, -0.15) is 0 Å². The maximum Gasteiger partial charge on any atom is 0.0571 e. The molecule has 54 valence electrons. The Morgan fingerprint density at radius 3 is 2.11 bits per heavy atom. The Bertz CT molecular complexity index is 103. The number of halogens is 1. The summed E-state index contributed by atoms with van der Waals surface area (Å²) < 4.78 is 0. The Hall–Kier alpha value is 0.250. The van der Waals surface area contributed by atoms with Gasteiger partial charge in [0.25, 0.3) is 0 Å². The van der Waals surface area contributed by atoms with Gasteiger partial charge in [-0.05, 0) is 37.5 Å². The molecular formula is C7H13ClO. The molecule has 0 heterocycles. The molecule has 2 fully saturated rings. The summed E-state index contributed by atoms with van der Waals surface area (Å²) in [6.07, 6.45) is 5.19. The lowest BCUT2D eigenvalue weighted by Crippen LogP contribution is -2.14. The molecule has 2 rings (SSSR count). The second-order valence-corrected chi connectivity index (χ2v) is 3.24. The maximum absolute atomic E-state index is 9.22. The standard InChI is InChI=1S/C7H12O.ClH/c8-7-4-5-1-2-6(7)3-5;/h5-8H,1-4H2;1H. The predicted molar refractivity (Wildman–Crippen MR) is 38.7 cm³/mol. The van der Waals surface area contributed by atoms with E-state index in [-0.39, 0.29) is 18.5 Å². The first-order chi connectivity index (χ1) is 3.86. The summed E-state index contributed by atoms with van der Waals surface area (Å²) in [5.74, 6) is 1.59. The van der Waals surface area contributed by atoms with Gasteiger partial charge < -0.3 is 5.11 Å². The molecule has 0 amide bonds. The van der Waals surface area contributed by atoms with E-state index >= 15 is 0 Å². The summed E-state index contributed by atoms with van der Waals surface area (Å²) in [7, 11) is 0. The van der Waals surface area contributed by atoms with Crippen molar-refractivity contribution in [3.63, 3.8) is 0 Å². The largest absolute Gasteiger partial charge is 0.393 e. The molecule has 0 aromatic carbocycles. The third kappa shape index (κ3) is 1.08. The van der Waals surface area contributed by atoms with E-state index in [1.807, 2.05) is 0 Å². The number of rotatable bonds is 0. The van der Waals surface area contributed by atoms with Crippen molar-refractivity contribution in [3.8, 4) is 0 Å². The third-order valence-electron chi connectivity index (χ3n) is 2.70. The predicted octanol–water partition coefficient (Wildman–Crippen LogP) is 1.59. The van der Waals surface area contributed by atoms with Gasteiger partial charge in [0.05, 0.1) is 6.10 Å². The first kappa shape index (κ1) is 7.36. The van der Waals surface area contributed by atoms with E-state index in [1.54, 1.807) is 0 Å². The third-order valence-corrected chi connectivity index (χ3v) is 2.70. The van der Waals surface area contributed by atoms with Gasteiger partial charge in [-0.1, -0.05) is 0 Å². The molecule has 0 spiro atoms. The summed E-state index contributed by atoms with van der Waals surface area (Å²) in [5.41, 5.74) is 0. The lowest BCUT2D eigenvalue weighted by molar-refractivity contribution is 0.113. The molecule has 3 atom stereocenters. The summed E-state index contributed by atoms with van der Waals surface area (Å²) in [4.78, 5) is 0. The molecule has 2 aliphatic carbocycles. The van der Waals surface area contributed by atoms with E-state index in [4.69, 9.17) is 0 Å². The van der Waals surface area contributed by atoms with Crippen molar-refractivity contribution < 1.29 is 5.11 Å². The van der Waals surface area contributed by atoms with E-state index in [1.165, 1.54) is 19.3 Å². The van der Waals surface area contributed by atoms with E-state index in [0.29, 0.717) is 5.92 Å². The molecule has 0 radical (unpaired) electrons.